The van der Waals surface area contributed by atoms with E-state index in [-0.39, 0.29) is 0 Å². The van der Waals surface area contributed by atoms with Gasteiger partial charge in [0.05, 0.1) is 6.54 Å². The topological polar surface area (TPSA) is 46.5 Å². The zero-order chi connectivity index (χ0) is 10.1. The van der Waals surface area contributed by atoms with Crippen molar-refractivity contribution in [3.05, 3.63) is 48.7 Å². The van der Waals surface area contributed by atoms with Crippen LogP contribution in [0.4, 0.5) is 0 Å². The fourth-order valence-electron chi connectivity index (χ4n) is 1.75. The number of para-hydroxylation sites is 1. The van der Waals surface area contributed by atoms with Crippen LogP contribution in [0.2, 0.25) is 0 Å². The summed E-state index contributed by atoms with van der Waals surface area (Å²) < 4.78 is 1.82. The average molecular weight is 198 g/mol. The largest absolute Gasteiger partial charge is 0.361 e. The van der Waals surface area contributed by atoms with Crippen molar-refractivity contribution < 1.29 is 0 Å². The number of fused-ring (bicyclic) bond motifs is 1. The van der Waals surface area contributed by atoms with Gasteiger partial charge in [-0.25, -0.2) is 9.67 Å². The van der Waals surface area contributed by atoms with Gasteiger partial charge in [-0.15, -0.1) is 0 Å². The zero-order valence-electron chi connectivity index (χ0n) is 8.09. The summed E-state index contributed by atoms with van der Waals surface area (Å²) in [5.74, 6) is 0. The molecule has 0 unspecified atom stereocenters. The van der Waals surface area contributed by atoms with Gasteiger partial charge in [-0.2, -0.15) is 5.10 Å². The Labute approximate surface area is 86.6 Å². The second kappa shape index (κ2) is 3.24. The fraction of sp³-hybridized carbons (Fsp3) is 0.0909. The Bertz CT molecular complexity index is 565. The van der Waals surface area contributed by atoms with Crippen molar-refractivity contribution in [3.8, 4) is 0 Å². The van der Waals surface area contributed by atoms with Gasteiger partial charge < -0.3 is 4.98 Å². The lowest BCUT2D eigenvalue weighted by atomic mass is 10.2. The predicted octanol–water partition coefficient (Wildman–Crippen LogP) is 1.81. The van der Waals surface area contributed by atoms with Gasteiger partial charge in [0.15, 0.2) is 0 Å². The summed E-state index contributed by atoms with van der Waals surface area (Å²) in [5.41, 5.74) is 2.39. The van der Waals surface area contributed by atoms with Crippen LogP contribution in [-0.2, 0) is 6.54 Å². The van der Waals surface area contributed by atoms with Crippen molar-refractivity contribution in [1.29, 1.82) is 0 Å². The van der Waals surface area contributed by atoms with E-state index >= 15 is 0 Å². The van der Waals surface area contributed by atoms with Gasteiger partial charge in [0.2, 0.25) is 0 Å². The maximum absolute atomic E-state index is 4.09. The SMILES string of the molecule is c1ccc2c(Cn3cncn3)c[nH]c2c1. The number of hydrogen-bond donors (Lipinski definition) is 1. The summed E-state index contributed by atoms with van der Waals surface area (Å²) in [6, 6.07) is 8.25. The molecule has 0 saturated carbocycles. The molecular formula is C11H10N4. The second-order valence-electron chi connectivity index (χ2n) is 3.45. The van der Waals surface area contributed by atoms with E-state index in [0.717, 1.165) is 12.1 Å². The van der Waals surface area contributed by atoms with Crippen molar-refractivity contribution >= 4 is 10.9 Å². The lowest BCUT2D eigenvalue weighted by Gasteiger charge is -1.98. The minimum Gasteiger partial charge on any atom is -0.361 e. The molecule has 2 aromatic heterocycles. The molecule has 1 N–H and O–H groups in total. The molecule has 4 heteroatoms. The Kier molecular flexibility index (Phi) is 1.78. The van der Waals surface area contributed by atoms with E-state index in [4.69, 9.17) is 0 Å². The van der Waals surface area contributed by atoms with E-state index in [1.807, 2.05) is 23.0 Å². The highest BCUT2D eigenvalue weighted by Gasteiger charge is 2.03. The number of rotatable bonds is 2. The van der Waals surface area contributed by atoms with Crippen LogP contribution in [0.25, 0.3) is 10.9 Å². The van der Waals surface area contributed by atoms with E-state index < -0.39 is 0 Å². The Morgan fingerprint density at radius 3 is 3.07 bits per heavy atom. The minimum atomic E-state index is 0.754. The number of aromatic amines is 1. The van der Waals surface area contributed by atoms with Crippen molar-refractivity contribution in [2.75, 3.05) is 0 Å². The fourth-order valence-corrected chi connectivity index (χ4v) is 1.75. The van der Waals surface area contributed by atoms with Gasteiger partial charge in [0.25, 0.3) is 0 Å². The van der Waals surface area contributed by atoms with Crippen LogP contribution in [0.1, 0.15) is 5.56 Å². The van der Waals surface area contributed by atoms with E-state index in [1.54, 1.807) is 12.7 Å². The van der Waals surface area contributed by atoms with Crippen molar-refractivity contribution in [1.82, 2.24) is 19.7 Å². The van der Waals surface area contributed by atoms with Crippen molar-refractivity contribution in [3.63, 3.8) is 0 Å². The molecule has 15 heavy (non-hydrogen) atoms. The Morgan fingerprint density at radius 1 is 1.27 bits per heavy atom. The first kappa shape index (κ1) is 8.23. The molecule has 3 rings (SSSR count). The Balaban J connectivity index is 2.05. The smallest absolute Gasteiger partial charge is 0.137 e. The summed E-state index contributed by atoms with van der Waals surface area (Å²) in [7, 11) is 0. The number of H-pyrrole nitrogens is 1. The monoisotopic (exact) mass is 198 g/mol. The van der Waals surface area contributed by atoms with Crippen molar-refractivity contribution in [2.45, 2.75) is 6.54 Å². The highest BCUT2D eigenvalue weighted by atomic mass is 15.3. The molecule has 0 aliphatic rings. The molecule has 0 spiro atoms. The standard InChI is InChI=1S/C11H10N4/c1-2-4-11-10(3-1)9(5-13-11)6-15-8-12-7-14-15/h1-5,7-8,13H,6H2. The molecule has 0 saturated heterocycles. The molecule has 2 heterocycles. The molecule has 0 radical (unpaired) electrons. The lowest BCUT2D eigenvalue weighted by Crippen LogP contribution is -1.98. The van der Waals surface area contributed by atoms with Crippen LogP contribution in [0.5, 0.6) is 0 Å². The summed E-state index contributed by atoms with van der Waals surface area (Å²) >= 11 is 0. The van der Waals surface area contributed by atoms with Crippen LogP contribution in [0.3, 0.4) is 0 Å². The number of benzene rings is 1. The number of nitrogens with zero attached hydrogens (tertiary/aromatic N) is 3. The highest BCUT2D eigenvalue weighted by molar-refractivity contribution is 5.82. The molecule has 74 valence electrons. The maximum atomic E-state index is 4.09. The summed E-state index contributed by atoms with van der Waals surface area (Å²) in [5, 5.41) is 5.33. The van der Waals surface area contributed by atoms with Gasteiger partial charge in [-0.1, -0.05) is 18.2 Å². The van der Waals surface area contributed by atoms with Gasteiger partial charge >= 0.3 is 0 Å². The normalized spacial score (nSPS) is 10.9. The Morgan fingerprint density at radius 2 is 2.20 bits per heavy atom. The summed E-state index contributed by atoms with van der Waals surface area (Å²) in [4.78, 5) is 7.16. The highest BCUT2D eigenvalue weighted by Crippen LogP contribution is 2.17. The summed E-state index contributed by atoms with van der Waals surface area (Å²) in [6.07, 6.45) is 5.29. The van der Waals surface area contributed by atoms with Gasteiger partial charge in [0.1, 0.15) is 12.7 Å². The number of hydrogen-bond acceptors (Lipinski definition) is 2. The van der Waals surface area contributed by atoms with E-state index in [0.29, 0.717) is 0 Å². The van der Waals surface area contributed by atoms with Crippen LogP contribution < -0.4 is 0 Å². The molecule has 4 nitrogen and oxygen atoms in total. The Hall–Kier alpha value is -2.10. The third-order valence-corrected chi connectivity index (χ3v) is 2.47. The predicted molar refractivity (Wildman–Crippen MR) is 57.4 cm³/mol. The van der Waals surface area contributed by atoms with Crippen LogP contribution in [0, 0.1) is 0 Å². The third kappa shape index (κ3) is 1.40. The van der Waals surface area contributed by atoms with Gasteiger partial charge in [0, 0.05) is 17.1 Å². The minimum absolute atomic E-state index is 0.754. The third-order valence-electron chi connectivity index (χ3n) is 2.47. The van der Waals surface area contributed by atoms with Crippen LogP contribution >= 0.6 is 0 Å². The quantitative estimate of drug-likeness (QED) is 0.682. The van der Waals surface area contributed by atoms with Crippen molar-refractivity contribution in [2.24, 2.45) is 0 Å². The maximum Gasteiger partial charge on any atom is 0.137 e. The molecule has 0 aliphatic heterocycles. The molecular weight excluding hydrogens is 188 g/mol. The van der Waals surface area contributed by atoms with Gasteiger partial charge in [-0.05, 0) is 11.6 Å². The van der Waals surface area contributed by atoms with Crippen LogP contribution in [-0.4, -0.2) is 19.7 Å². The zero-order valence-corrected chi connectivity index (χ0v) is 8.09. The first-order valence-corrected chi connectivity index (χ1v) is 4.81. The number of aromatic nitrogens is 4. The second-order valence-corrected chi connectivity index (χ2v) is 3.45. The lowest BCUT2D eigenvalue weighted by molar-refractivity contribution is 0.688. The van der Waals surface area contributed by atoms with E-state index in [1.165, 1.54) is 10.9 Å². The number of nitrogens with one attached hydrogen (secondary N) is 1. The first-order chi connectivity index (χ1) is 7.43. The molecule has 0 atom stereocenters. The average Bonchev–Trinajstić information content (AvgIpc) is 2.89. The molecule has 1 aromatic carbocycles. The molecule has 0 fully saturated rings. The van der Waals surface area contributed by atoms with Gasteiger partial charge in [-0.3, -0.25) is 0 Å². The molecule has 0 aliphatic carbocycles. The van der Waals surface area contributed by atoms with Crippen LogP contribution in [0.15, 0.2) is 43.1 Å². The van der Waals surface area contributed by atoms with E-state index in [9.17, 15) is 0 Å². The van der Waals surface area contributed by atoms with E-state index in [2.05, 4.69) is 27.2 Å². The molecule has 3 aromatic rings. The first-order valence-electron chi connectivity index (χ1n) is 4.81. The molecule has 0 bridgehead atoms. The molecule has 0 amide bonds. The summed E-state index contributed by atoms with van der Waals surface area (Å²) in [6.45, 7) is 0.754.